The van der Waals surface area contributed by atoms with E-state index in [1.54, 1.807) is 0 Å². The molecule has 19 heavy (non-hydrogen) atoms. The lowest BCUT2D eigenvalue weighted by atomic mass is 10.2. The molecule has 1 aromatic rings. The number of likely N-dealkylation sites (tertiary alicyclic amines) is 1. The monoisotopic (exact) mass is 274 g/mol. The maximum atomic E-state index is 13.0. The van der Waals surface area contributed by atoms with Gasteiger partial charge in [-0.15, -0.1) is 0 Å². The van der Waals surface area contributed by atoms with E-state index in [4.69, 9.17) is 5.11 Å². The van der Waals surface area contributed by atoms with Gasteiger partial charge in [0.15, 0.2) is 17.5 Å². The van der Waals surface area contributed by atoms with Crippen LogP contribution in [0.2, 0.25) is 0 Å². The minimum Gasteiger partial charge on any atom is -0.394 e. The third kappa shape index (κ3) is 2.81. The van der Waals surface area contributed by atoms with Crippen LogP contribution in [0.3, 0.4) is 0 Å². The van der Waals surface area contributed by atoms with E-state index in [1.807, 2.05) is 0 Å². The molecule has 1 atom stereocenters. The zero-order valence-corrected chi connectivity index (χ0v) is 10.00. The molecule has 1 saturated heterocycles. The number of anilines is 1. The van der Waals surface area contributed by atoms with E-state index in [0.717, 1.165) is 6.42 Å². The second kappa shape index (κ2) is 5.48. The van der Waals surface area contributed by atoms with Crippen LogP contribution < -0.4 is 5.32 Å². The predicted molar refractivity (Wildman–Crippen MR) is 62.1 cm³/mol. The van der Waals surface area contributed by atoms with Gasteiger partial charge in [0.25, 0.3) is 0 Å². The second-order valence-corrected chi connectivity index (χ2v) is 4.36. The van der Waals surface area contributed by atoms with Gasteiger partial charge in [-0.2, -0.15) is 0 Å². The third-order valence-corrected chi connectivity index (χ3v) is 3.08. The van der Waals surface area contributed by atoms with Crippen molar-refractivity contribution in [2.24, 2.45) is 0 Å². The quantitative estimate of drug-likeness (QED) is 0.811. The van der Waals surface area contributed by atoms with Crippen LogP contribution in [-0.2, 0) is 0 Å². The number of amides is 2. The third-order valence-electron chi connectivity index (χ3n) is 3.08. The molecule has 1 aliphatic rings. The van der Waals surface area contributed by atoms with Crippen molar-refractivity contribution in [3.63, 3.8) is 0 Å². The zero-order valence-electron chi connectivity index (χ0n) is 10.00. The van der Waals surface area contributed by atoms with Crippen LogP contribution in [0.15, 0.2) is 12.1 Å². The topological polar surface area (TPSA) is 52.6 Å². The van der Waals surface area contributed by atoms with Crippen molar-refractivity contribution in [3.05, 3.63) is 29.6 Å². The number of nitrogens with zero attached hydrogens (tertiary/aromatic N) is 1. The van der Waals surface area contributed by atoms with E-state index in [1.165, 1.54) is 4.90 Å². The Hall–Kier alpha value is -1.76. The Kier molecular flexibility index (Phi) is 3.94. The molecule has 0 bridgehead atoms. The van der Waals surface area contributed by atoms with Gasteiger partial charge in [-0.05, 0) is 12.8 Å². The fourth-order valence-corrected chi connectivity index (χ4v) is 2.12. The molecule has 2 N–H and O–H groups in total. The van der Waals surface area contributed by atoms with Crippen LogP contribution in [0.5, 0.6) is 0 Å². The van der Waals surface area contributed by atoms with Crippen LogP contribution >= 0.6 is 0 Å². The molecule has 1 heterocycles. The van der Waals surface area contributed by atoms with E-state index in [-0.39, 0.29) is 18.3 Å². The van der Waals surface area contributed by atoms with Crippen molar-refractivity contribution in [3.8, 4) is 0 Å². The molecular formula is C12H13F3N2O2. The van der Waals surface area contributed by atoms with Crippen molar-refractivity contribution in [1.29, 1.82) is 0 Å². The van der Waals surface area contributed by atoms with E-state index < -0.39 is 23.5 Å². The molecule has 104 valence electrons. The molecule has 1 aromatic carbocycles. The zero-order chi connectivity index (χ0) is 14.0. The molecule has 1 unspecified atom stereocenters. The smallest absolute Gasteiger partial charge is 0.322 e. The first-order chi connectivity index (χ1) is 9.02. The Morgan fingerprint density at radius 3 is 2.58 bits per heavy atom. The number of hydrogen-bond acceptors (Lipinski definition) is 2. The van der Waals surface area contributed by atoms with Crippen LogP contribution in [0, 0.1) is 17.5 Å². The maximum absolute atomic E-state index is 13.0. The van der Waals surface area contributed by atoms with E-state index in [2.05, 4.69) is 5.32 Å². The first-order valence-electron chi connectivity index (χ1n) is 5.86. The molecule has 0 spiro atoms. The standard InChI is InChI=1S/C12H13F3N2O2/c13-9-4-7(5-10(14)11(9)15)16-12(19)17-3-1-2-8(17)6-18/h4-5,8,18H,1-3,6H2,(H,16,19). The summed E-state index contributed by atoms with van der Waals surface area (Å²) in [5.74, 6) is -4.31. The van der Waals surface area contributed by atoms with Crippen LogP contribution in [0.4, 0.5) is 23.7 Å². The molecule has 4 nitrogen and oxygen atoms in total. The Labute approximate surface area is 107 Å². The summed E-state index contributed by atoms with van der Waals surface area (Å²) in [7, 11) is 0. The van der Waals surface area contributed by atoms with Crippen molar-refractivity contribution >= 4 is 11.7 Å². The lowest BCUT2D eigenvalue weighted by Gasteiger charge is -2.23. The molecule has 0 aromatic heterocycles. The highest BCUT2D eigenvalue weighted by atomic mass is 19.2. The van der Waals surface area contributed by atoms with Crippen LogP contribution in [-0.4, -0.2) is 35.2 Å². The van der Waals surface area contributed by atoms with E-state index in [9.17, 15) is 18.0 Å². The molecular weight excluding hydrogens is 261 g/mol. The summed E-state index contributed by atoms with van der Waals surface area (Å²) >= 11 is 0. The van der Waals surface area contributed by atoms with E-state index >= 15 is 0 Å². The van der Waals surface area contributed by atoms with Gasteiger partial charge in [0, 0.05) is 24.4 Å². The lowest BCUT2D eigenvalue weighted by molar-refractivity contribution is 0.166. The Morgan fingerprint density at radius 2 is 2.00 bits per heavy atom. The van der Waals surface area contributed by atoms with Gasteiger partial charge in [0.05, 0.1) is 12.6 Å². The highest BCUT2D eigenvalue weighted by molar-refractivity contribution is 5.89. The highest BCUT2D eigenvalue weighted by Crippen LogP contribution is 2.21. The largest absolute Gasteiger partial charge is 0.394 e. The number of carbonyl (C=O) groups excluding carboxylic acids is 1. The summed E-state index contributed by atoms with van der Waals surface area (Å²) < 4.78 is 38.7. The van der Waals surface area contributed by atoms with Gasteiger partial charge in [-0.1, -0.05) is 0 Å². The van der Waals surface area contributed by atoms with Crippen molar-refractivity contribution in [2.45, 2.75) is 18.9 Å². The number of nitrogens with one attached hydrogen (secondary N) is 1. The average Bonchev–Trinajstić information content (AvgIpc) is 2.84. The van der Waals surface area contributed by atoms with Gasteiger partial charge >= 0.3 is 6.03 Å². The number of halogens is 3. The molecule has 1 fully saturated rings. The van der Waals surface area contributed by atoms with Gasteiger partial charge in [0.2, 0.25) is 0 Å². The first kappa shape index (κ1) is 13.7. The normalized spacial score (nSPS) is 18.7. The lowest BCUT2D eigenvalue weighted by Crippen LogP contribution is -2.40. The number of aliphatic hydroxyl groups is 1. The van der Waals surface area contributed by atoms with Gasteiger partial charge in [-0.25, -0.2) is 18.0 Å². The SMILES string of the molecule is O=C(Nc1cc(F)c(F)c(F)c1)N1CCCC1CO. The molecule has 2 rings (SSSR count). The highest BCUT2D eigenvalue weighted by Gasteiger charge is 2.28. The Balaban J connectivity index is 2.11. The number of aliphatic hydroxyl groups excluding tert-OH is 1. The summed E-state index contributed by atoms with van der Waals surface area (Å²) in [6.45, 7) is 0.294. The average molecular weight is 274 g/mol. The van der Waals surface area contributed by atoms with Gasteiger partial charge in [0.1, 0.15) is 0 Å². The molecule has 0 saturated carbocycles. The molecule has 1 aliphatic heterocycles. The Morgan fingerprint density at radius 1 is 1.37 bits per heavy atom. The minimum atomic E-state index is -1.58. The van der Waals surface area contributed by atoms with Gasteiger partial charge in [-0.3, -0.25) is 0 Å². The Bertz CT molecular complexity index is 473. The number of carbonyl (C=O) groups is 1. The first-order valence-corrected chi connectivity index (χ1v) is 5.86. The number of urea groups is 1. The second-order valence-electron chi connectivity index (χ2n) is 4.36. The summed E-state index contributed by atoms with van der Waals surface area (Å²) in [6, 6.07) is 0.554. The van der Waals surface area contributed by atoms with Gasteiger partial charge < -0.3 is 15.3 Å². The summed E-state index contributed by atoms with van der Waals surface area (Å²) in [5.41, 5.74) is -0.162. The summed E-state index contributed by atoms with van der Waals surface area (Å²) in [5, 5.41) is 11.4. The van der Waals surface area contributed by atoms with E-state index in [0.29, 0.717) is 25.1 Å². The molecule has 2 amide bonds. The van der Waals surface area contributed by atoms with Crippen molar-refractivity contribution in [2.75, 3.05) is 18.5 Å². The molecule has 7 heteroatoms. The minimum absolute atomic E-state index is 0.162. The maximum Gasteiger partial charge on any atom is 0.322 e. The molecule has 0 aliphatic carbocycles. The van der Waals surface area contributed by atoms with Crippen molar-refractivity contribution < 1.29 is 23.1 Å². The van der Waals surface area contributed by atoms with Crippen LogP contribution in [0.1, 0.15) is 12.8 Å². The van der Waals surface area contributed by atoms with Crippen LogP contribution in [0.25, 0.3) is 0 Å². The van der Waals surface area contributed by atoms with Crippen molar-refractivity contribution in [1.82, 2.24) is 4.90 Å². The number of hydrogen-bond donors (Lipinski definition) is 2. The number of benzene rings is 1. The fraction of sp³-hybridized carbons (Fsp3) is 0.417. The predicted octanol–water partition coefficient (Wildman–Crippen LogP) is 2.09. The molecule has 0 radical (unpaired) electrons. The summed E-state index contributed by atoms with van der Waals surface area (Å²) in [6.07, 6.45) is 1.43. The fourth-order valence-electron chi connectivity index (χ4n) is 2.12. The number of rotatable bonds is 2. The summed E-state index contributed by atoms with van der Waals surface area (Å²) in [4.78, 5) is 13.2.